The van der Waals surface area contributed by atoms with Gasteiger partial charge in [-0.25, -0.2) is 4.79 Å². The third-order valence-electron chi connectivity index (χ3n) is 7.16. The molecule has 2 aliphatic carbocycles. The SMILES string of the molecule is C=C1C(=O)O[C@@H](CC[C@H]2CC[C@H]3/C(=C/Br)CCC[C@]23C)C1(C)C. The van der Waals surface area contributed by atoms with Crippen molar-refractivity contribution in [1.29, 1.82) is 0 Å². The van der Waals surface area contributed by atoms with Gasteiger partial charge >= 0.3 is 5.97 Å². The minimum absolute atomic E-state index is 0.0000665. The smallest absolute Gasteiger partial charge is 0.334 e. The first kappa shape index (κ1) is 17.3. The summed E-state index contributed by atoms with van der Waals surface area (Å²) in [7, 11) is 0. The third kappa shape index (κ3) is 2.73. The highest BCUT2D eigenvalue weighted by atomic mass is 79.9. The zero-order valence-corrected chi connectivity index (χ0v) is 16.2. The van der Waals surface area contributed by atoms with Gasteiger partial charge in [-0.3, -0.25) is 0 Å². The van der Waals surface area contributed by atoms with Crippen molar-refractivity contribution in [3.8, 4) is 0 Å². The van der Waals surface area contributed by atoms with Crippen molar-refractivity contribution in [3.63, 3.8) is 0 Å². The van der Waals surface area contributed by atoms with Crippen LogP contribution in [-0.4, -0.2) is 12.1 Å². The van der Waals surface area contributed by atoms with Crippen LogP contribution in [0.3, 0.4) is 0 Å². The van der Waals surface area contributed by atoms with E-state index in [1.807, 2.05) is 0 Å². The van der Waals surface area contributed by atoms with Crippen molar-refractivity contribution >= 4 is 21.9 Å². The Kier molecular flexibility index (Phi) is 4.54. The van der Waals surface area contributed by atoms with E-state index in [1.54, 1.807) is 5.57 Å². The van der Waals surface area contributed by atoms with Gasteiger partial charge in [-0.15, -0.1) is 0 Å². The molecule has 0 bridgehead atoms. The van der Waals surface area contributed by atoms with Gasteiger partial charge in [-0.2, -0.15) is 0 Å². The lowest BCUT2D eigenvalue weighted by atomic mass is 9.63. The first-order valence-electron chi connectivity index (χ1n) is 9.00. The third-order valence-corrected chi connectivity index (χ3v) is 7.74. The highest BCUT2D eigenvalue weighted by Gasteiger charge is 2.50. The molecule has 0 N–H and O–H groups in total. The van der Waals surface area contributed by atoms with Crippen molar-refractivity contribution in [1.82, 2.24) is 0 Å². The average molecular weight is 381 g/mol. The Morgan fingerprint density at radius 3 is 2.65 bits per heavy atom. The fraction of sp³-hybridized carbons (Fsp3) is 0.750. The Balaban J connectivity index is 1.68. The second kappa shape index (κ2) is 6.06. The monoisotopic (exact) mass is 380 g/mol. The molecule has 3 rings (SSSR count). The van der Waals surface area contributed by atoms with E-state index in [2.05, 4.69) is 48.3 Å². The van der Waals surface area contributed by atoms with E-state index in [4.69, 9.17) is 4.74 Å². The summed E-state index contributed by atoms with van der Waals surface area (Å²) in [6, 6.07) is 0. The molecule has 0 spiro atoms. The number of carbonyl (C=O) groups is 1. The summed E-state index contributed by atoms with van der Waals surface area (Å²) in [6.45, 7) is 10.6. The largest absolute Gasteiger partial charge is 0.458 e. The Labute approximate surface area is 148 Å². The van der Waals surface area contributed by atoms with Crippen LogP contribution in [0.25, 0.3) is 0 Å². The predicted octanol–water partition coefficient (Wildman–Crippen LogP) is 5.77. The second-order valence-corrected chi connectivity index (χ2v) is 9.00. The van der Waals surface area contributed by atoms with E-state index in [9.17, 15) is 4.79 Å². The molecule has 0 radical (unpaired) electrons. The lowest BCUT2D eigenvalue weighted by Crippen LogP contribution is -2.34. The van der Waals surface area contributed by atoms with Crippen LogP contribution in [0.5, 0.6) is 0 Å². The predicted molar refractivity (Wildman–Crippen MR) is 97.2 cm³/mol. The normalized spacial score (nSPS) is 41.2. The minimum atomic E-state index is -0.219. The van der Waals surface area contributed by atoms with E-state index >= 15 is 0 Å². The van der Waals surface area contributed by atoms with E-state index in [0.717, 1.165) is 24.7 Å². The molecule has 1 aliphatic heterocycles. The molecular weight excluding hydrogens is 352 g/mol. The summed E-state index contributed by atoms with van der Waals surface area (Å²) < 4.78 is 5.60. The maximum absolute atomic E-state index is 11.8. The number of ether oxygens (including phenoxy) is 1. The molecular formula is C20H29BrO2. The van der Waals surface area contributed by atoms with Crippen LogP contribution in [-0.2, 0) is 9.53 Å². The molecule has 3 heteroatoms. The van der Waals surface area contributed by atoms with Gasteiger partial charge in [0.2, 0.25) is 0 Å². The second-order valence-electron chi connectivity index (χ2n) is 8.54. The summed E-state index contributed by atoms with van der Waals surface area (Å²) >= 11 is 3.58. The Bertz CT molecular complexity index is 548. The summed E-state index contributed by atoms with van der Waals surface area (Å²) in [6.07, 6.45) is 8.67. The summed E-state index contributed by atoms with van der Waals surface area (Å²) in [4.78, 5) is 14.0. The van der Waals surface area contributed by atoms with Gasteiger partial charge in [0.05, 0.1) is 0 Å². The first-order valence-corrected chi connectivity index (χ1v) is 9.91. The fourth-order valence-corrected chi connectivity index (χ4v) is 5.88. The highest BCUT2D eigenvalue weighted by molar-refractivity contribution is 9.11. The van der Waals surface area contributed by atoms with Gasteiger partial charge in [0.1, 0.15) is 6.10 Å². The number of carbonyl (C=O) groups excluding carboxylic acids is 1. The number of fused-ring (bicyclic) bond motifs is 1. The van der Waals surface area contributed by atoms with Gasteiger partial charge in [-0.05, 0) is 67.2 Å². The number of esters is 1. The zero-order chi connectivity index (χ0) is 16.8. The zero-order valence-electron chi connectivity index (χ0n) is 14.7. The lowest BCUT2D eigenvalue weighted by Gasteiger charge is -2.42. The van der Waals surface area contributed by atoms with Crippen LogP contribution in [0.1, 0.15) is 65.7 Å². The first-order chi connectivity index (χ1) is 10.8. The van der Waals surface area contributed by atoms with E-state index in [-0.39, 0.29) is 17.5 Å². The van der Waals surface area contributed by atoms with Gasteiger partial charge in [0.15, 0.2) is 0 Å². The van der Waals surface area contributed by atoms with Gasteiger partial charge < -0.3 is 4.74 Å². The van der Waals surface area contributed by atoms with Crippen molar-refractivity contribution in [2.75, 3.05) is 0 Å². The molecule has 0 aromatic heterocycles. The number of rotatable bonds is 3. The fourth-order valence-electron chi connectivity index (χ4n) is 5.33. The summed E-state index contributed by atoms with van der Waals surface area (Å²) in [5.41, 5.74) is 2.47. The molecule has 0 aromatic carbocycles. The molecule has 0 unspecified atom stereocenters. The molecule has 2 saturated carbocycles. The van der Waals surface area contributed by atoms with Crippen LogP contribution in [0.2, 0.25) is 0 Å². The molecule has 128 valence electrons. The van der Waals surface area contributed by atoms with Crippen molar-refractivity contribution in [2.45, 2.75) is 71.8 Å². The van der Waals surface area contributed by atoms with E-state index in [1.165, 1.54) is 32.1 Å². The van der Waals surface area contributed by atoms with Crippen LogP contribution < -0.4 is 0 Å². The van der Waals surface area contributed by atoms with E-state index in [0.29, 0.717) is 11.0 Å². The molecule has 0 aromatic rings. The summed E-state index contributed by atoms with van der Waals surface area (Å²) in [5, 5.41) is 0. The Morgan fingerprint density at radius 2 is 2.04 bits per heavy atom. The van der Waals surface area contributed by atoms with Crippen molar-refractivity contribution in [3.05, 3.63) is 22.7 Å². The average Bonchev–Trinajstić information content (AvgIpc) is 2.94. The van der Waals surface area contributed by atoms with Gasteiger partial charge in [0.25, 0.3) is 0 Å². The molecule has 3 fully saturated rings. The quantitative estimate of drug-likeness (QED) is 0.458. The van der Waals surface area contributed by atoms with E-state index < -0.39 is 0 Å². The number of halogens is 1. The highest BCUT2D eigenvalue weighted by Crippen LogP contribution is 2.59. The molecule has 1 heterocycles. The molecule has 2 nitrogen and oxygen atoms in total. The molecule has 3 aliphatic rings. The number of hydrogen-bond donors (Lipinski definition) is 0. The number of cyclic esters (lactones) is 1. The van der Waals surface area contributed by atoms with Crippen molar-refractivity contribution < 1.29 is 9.53 Å². The molecule has 1 saturated heterocycles. The van der Waals surface area contributed by atoms with Crippen LogP contribution in [0, 0.1) is 22.7 Å². The standard InChI is InChI=1S/C20H29BrO2/c1-13-18(22)23-17(19(13,2)3)10-8-15-7-9-16-14(12-21)6-5-11-20(15,16)4/h12,15-17H,1,5-11H2,2-4H3/b14-12+/t15-,16+,17+,20-/m1/s1. The van der Waals surface area contributed by atoms with Gasteiger partial charge in [0, 0.05) is 11.0 Å². The molecule has 23 heavy (non-hydrogen) atoms. The molecule has 0 amide bonds. The van der Waals surface area contributed by atoms with Crippen LogP contribution >= 0.6 is 15.9 Å². The van der Waals surface area contributed by atoms with Crippen LogP contribution in [0.15, 0.2) is 22.7 Å². The number of allylic oxidation sites excluding steroid dienone is 1. The maximum atomic E-state index is 11.8. The Hall–Kier alpha value is -0.570. The minimum Gasteiger partial charge on any atom is -0.458 e. The Morgan fingerprint density at radius 1 is 1.30 bits per heavy atom. The van der Waals surface area contributed by atoms with Gasteiger partial charge in [-0.1, -0.05) is 48.9 Å². The topological polar surface area (TPSA) is 26.3 Å². The lowest BCUT2D eigenvalue weighted by molar-refractivity contribution is -0.140. The van der Waals surface area contributed by atoms with Crippen molar-refractivity contribution in [2.24, 2.45) is 22.7 Å². The molecule has 4 atom stereocenters. The summed E-state index contributed by atoms with van der Waals surface area (Å²) in [5.74, 6) is 1.30. The number of hydrogen-bond acceptors (Lipinski definition) is 2. The maximum Gasteiger partial charge on any atom is 0.334 e. The van der Waals surface area contributed by atoms with Crippen LogP contribution in [0.4, 0.5) is 0 Å².